The molecule has 3 heteroatoms. The molecule has 2 rings (SSSR count). The Balaban J connectivity index is 2.44. The van der Waals surface area contributed by atoms with E-state index in [0.717, 1.165) is 18.1 Å². The van der Waals surface area contributed by atoms with Gasteiger partial charge in [-0.05, 0) is 35.7 Å². The van der Waals surface area contributed by atoms with Gasteiger partial charge in [-0.3, -0.25) is 0 Å². The highest BCUT2D eigenvalue weighted by Gasteiger charge is 2.09. The van der Waals surface area contributed by atoms with Gasteiger partial charge >= 0.3 is 0 Å². The molecule has 0 aliphatic rings. The lowest BCUT2D eigenvalue weighted by molar-refractivity contribution is 0.585. The van der Waals surface area contributed by atoms with Gasteiger partial charge < -0.3 is 5.73 Å². The summed E-state index contributed by atoms with van der Waals surface area (Å²) in [6.45, 7) is 2.00. The Morgan fingerprint density at radius 3 is 2.56 bits per heavy atom. The van der Waals surface area contributed by atoms with Gasteiger partial charge in [0, 0.05) is 17.7 Å². The lowest BCUT2D eigenvalue weighted by Crippen LogP contribution is -2.08. The second kappa shape index (κ2) is 5.27. The number of halogens is 2. The van der Waals surface area contributed by atoms with Crippen molar-refractivity contribution in [3.8, 4) is 11.1 Å². The third-order valence-electron chi connectivity index (χ3n) is 3.00. The highest BCUT2D eigenvalue weighted by Crippen LogP contribution is 2.26. The van der Waals surface area contributed by atoms with Crippen molar-refractivity contribution in [2.24, 2.45) is 5.73 Å². The number of hydrogen-bond donors (Lipinski definition) is 1. The van der Waals surface area contributed by atoms with Crippen LogP contribution in [0.4, 0.5) is 8.78 Å². The van der Waals surface area contributed by atoms with E-state index in [1.54, 1.807) is 6.07 Å². The summed E-state index contributed by atoms with van der Waals surface area (Å²) >= 11 is 0. The molecule has 2 N–H and O–H groups in total. The van der Waals surface area contributed by atoms with E-state index in [-0.39, 0.29) is 6.04 Å². The highest BCUT2D eigenvalue weighted by atomic mass is 19.1. The molecular weight excluding hydrogens is 232 g/mol. The van der Waals surface area contributed by atoms with Crippen LogP contribution in [0.25, 0.3) is 11.1 Å². The van der Waals surface area contributed by atoms with Crippen LogP contribution in [0, 0.1) is 11.6 Å². The first-order chi connectivity index (χ1) is 8.61. The first kappa shape index (κ1) is 12.7. The molecule has 1 atom stereocenters. The third kappa shape index (κ3) is 2.57. The molecule has 0 spiro atoms. The molecule has 0 bridgehead atoms. The minimum atomic E-state index is -0.572. The molecule has 0 saturated heterocycles. The van der Waals surface area contributed by atoms with Crippen LogP contribution in [0.1, 0.15) is 24.9 Å². The maximum Gasteiger partial charge on any atom is 0.133 e. The van der Waals surface area contributed by atoms with Crippen molar-refractivity contribution < 1.29 is 8.78 Å². The maximum absolute atomic E-state index is 13.7. The zero-order valence-electron chi connectivity index (χ0n) is 10.2. The Morgan fingerprint density at radius 1 is 1.11 bits per heavy atom. The molecule has 0 fully saturated rings. The van der Waals surface area contributed by atoms with Gasteiger partial charge in [0.25, 0.3) is 0 Å². The Morgan fingerprint density at radius 2 is 1.89 bits per heavy atom. The Bertz CT molecular complexity index is 552. The molecule has 94 valence electrons. The zero-order chi connectivity index (χ0) is 13.1. The number of nitrogens with two attached hydrogens (primary N) is 1. The van der Waals surface area contributed by atoms with Crippen molar-refractivity contribution in [3.05, 3.63) is 59.7 Å². The van der Waals surface area contributed by atoms with Crippen molar-refractivity contribution in [1.29, 1.82) is 0 Å². The molecule has 0 aromatic heterocycles. The molecular formula is C15H15F2N. The fraction of sp³-hybridized carbons (Fsp3) is 0.200. The van der Waals surface area contributed by atoms with Crippen molar-refractivity contribution in [3.63, 3.8) is 0 Å². The molecule has 1 nitrogen and oxygen atoms in total. The smallest absolute Gasteiger partial charge is 0.133 e. The number of rotatable bonds is 3. The minimum Gasteiger partial charge on any atom is -0.324 e. The van der Waals surface area contributed by atoms with Crippen LogP contribution < -0.4 is 5.73 Å². The van der Waals surface area contributed by atoms with Crippen molar-refractivity contribution in [2.75, 3.05) is 0 Å². The molecule has 2 aromatic carbocycles. The first-order valence-electron chi connectivity index (χ1n) is 5.92. The first-order valence-corrected chi connectivity index (χ1v) is 5.92. The lowest BCUT2D eigenvalue weighted by Gasteiger charge is -2.11. The second-order valence-electron chi connectivity index (χ2n) is 4.26. The van der Waals surface area contributed by atoms with E-state index in [0.29, 0.717) is 11.1 Å². The maximum atomic E-state index is 13.7. The summed E-state index contributed by atoms with van der Waals surface area (Å²) in [5.74, 6) is -1.13. The van der Waals surface area contributed by atoms with Gasteiger partial charge in [-0.15, -0.1) is 0 Å². The molecule has 0 radical (unpaired) electrons. The molecule has 0 aliphatic carbocycles. The summed E-state index contributed by atoms with van der Waals surface area (Å²) in [5.41, 5.74) is 8.01. The summed E-state index contributed by atoms with van der Waals surface area (Å²) in [6.07, 6.45) is 0.815. The van der Waals surface area contributed by atoms with Crippen LogP contribution >= 0.6 is 0 Å². The van der Waals surface area contributed by atoms with Crippen LogP contribution in [0.3, 0.4) is 0 Å². The highest BCUT2D eigenvalue weighted by molar-refractivity contribution is 5.65. The Hall–Kier alpha value is -1.74. The van der Waals surface area contributed by atoms with Gasteiger partial charge in [0.2, 0.25) is 0 Å². The van der Waals surface area contributed by atoms with Crippen molar-refractivity contribution >= 4 is 0 Å². The average Bonchev–Trinajstić information content (AvgIpc) is 2.38. The zero-order valence-corrected chi connectivity index (χ0v) is 10.2. The molecule has 1 unspecified atom stereocenters. The Kier molecular flexibility index (Phi) is 3.72. The van der Waals surface area contributed by atoms with E-state index in [9.17, 15) is 8.78 Å². The largest absolute Gasteiger partial charge is 0.324 e. The normalized spacial score (nSPS) is 12.4. The molecule has 0 heterocycles. The quantitative estimate of drug-likeness (QED) is 0.870. The van der Waals surface area contributed by atoms with Crippen molar-refractivity contribution in [2.45, 2.75) is 19.4 Å². The fourth-order valence-corrected chi connectivity index (χ4v) is 1.90. The van der Waals surface area contributed by atoms with E-state index in [2.05, 4.69) is 0 Å². The SMILES string of the molecule is CCC(N)c1cccc(-c2ccc(F)cc2F)c1. The predicted molar refractivity (Wildman–Crippen MR) is 69.0 cm³/mol. The summed E-state index contributed by atoms with van der Waals surface area (Å²) in [4.78, 5) is 0. The monoisotopic (exact) mass is 247 g/mol. The summed E-state index contributed by atoms with van der Waals surface area (Å²) in [6, 6.07) is 10.9. The van der Waals surface area contributed by atoms with E-state index < -0.39 is 11.6 Å². The molecule has 0 saturated carbocycles. The van der Waals surface area contributed by atoms with Crippen LogP contribution in [0.15, 0.2) is 42.5 Å². The minimum absolute atomic E-state index is 0.0616. The standard InChI is InChI=1S/C15H15F2N/c1-2-15(18)11-5-3-4-10(8-11)13-7-6-12(16)9-14(13)17/h3-9,15H,2,18H2,1H3. The molecule has 18 heavy (non-hydrogen) atoms. The predicted octanol–water partition coefficient (Wildman–Crippen LogP) is 4.04. The lowest BCUT2D eigenvalue weighted by atomic mass is 9.98. The van der Waals surface area contributed by atoms with E-state index in [1.807, 2.05) is 25.1 Å². The van der Waals surface area contributed by atoms with Gasteiger partial charge in [0.15, 0.2) is 0 Å². The van der Waals surface area contributed by atoms with Crippen LogP contribution in [0.2, 0.25) is 0 Å². The van der Waals surface area contributed by atoms with E-state index in [4.69, 9.17) is 5.73 Å². The number of benzene rings is 2. The van der Waals surface area contributed by atoms with Crippen LogP contribution in [-0.4, -0.2) is 0 Å². The van der Waals surface area contributed by atoms with Crippen LogP contribution in [0.5, 0.6) is 0 Å². The fourth-order valence-electron chi connectivity index (χ4n) is 1.90. The van der Waals surface area contributed by atoms with E-state index in [1.165, 1.54) is 12.1 Å². The third-order valence-corrected chi connectivity index (χ3v) is 3.00. The van der Waals surface area contributed by atoms with Gasteiger partial charge in [0.05, 0.1) is 0 Å². The van der Waals surface area contributed by atoms with Gasteiger partial charge in [0.1, 0.15) is 11.6 Å². The molecule has 0 aliphatic heterocycles. The summed E-state index contributed by atoms with van der Waals surface area (Å²) in [5, 5.41) is 0. The van der Waals surface area contributed by atoms with Gasteiger partial charge in [-0.25, -0.2) is 8.78 Å². The molecule has 0 amide bonds. The Labute approximate surface area is 105 Å². The van der Waals surface area contributed by atoms with Crippen LogP contribution in [-0.2, 0) is 0 Å². The topological polar surface area (TPSA) is 26.0 Å². The molecule has 2 aromatic rings. The van der Waals surface area contributed by atoms with Gasteiger partial charge in [-0.1, -0.05) is 25.1 Å². The van der Waals surface area contributed by atoms with Crippen molar-refractivity contribution in [1.82, 2.24) is 0 Å². The summed E-state index contributed by atoms with van der Waals surface area (Å²) < 4.78 is 26.5. The second-order valence-corrected chi connectivity index (χ2v) is 4.26. The van der Waals surface area contributed by atoms with E-state index >= 15 is 0 Å². The number of hydrogen-bond acceptors (Lipinski definition) is 1. The average molecular weight is 247 g/mol. The van der Waals surface area contributed by atoms with Gasteiger partial charge in [-0.2, -0.15) is 0 Å². The summed E-state index contributed by atoms with van der Waals surface area (Å²) in [7, 11) is 0.